The van der Waals surface area contributed by atoms with E-state index in [9.17, 15) is 9.59 Å². The number of pyridine rings is 1. The van der Waals surface area contributed by atoms with Gasteiger partial charge in [0, 0.05) is 26.5 Å². The molecule has 0 aliphatic rings. The number of fused-ring (bicyclic) bond motifs is 1. The number of rotatable bonds is 2. The van der Waals surface area contributed by atoms with Crippen LogP contribution in [0.25, 0.3) is 10.9 Å². The number of nitrogens with one attached hydrogen (secondary N) is 1. The Kier molecular flexibility index (Phi) is 3.38. The van der Waals surface area contributed by atoms with Crippen molar-refractivity contribution >= 4 is 16.8 Å². The minimum atomic E-state index is -0.992. The molecule has 21 heavy (non-hydrogen) atoms. The minimum absolute atomic E-state index is 0.226. The molecule has 0 unspecified atom stereocenters. The van der Waals surface area contributed by atoms with Crippen molar-refractivity contribution in [3.63, 3.8) is 0 Å². The lowest BCUT2D eigenvalue weighted by Gasteiger charge is -2.16. The van der Waals surface area contributed by atoms with E-state index in [0.29, 0.717) is 10.9 Å². The first-order valence-electron chi connectivity index (χ1n) is 6.57. The van der Waals surface area contributed by atoms with Crippen molar-refractivity contribution in [1.82, 2.24) is 14.5 Å². The third kappa shape index (κ3) is 2.42. The Morgan fingerprint density at radius 3 is 2.48 bits per heavy atom. The monoisotopic (exact) mass is 286 g/mol. The highest BCUT2D eigenvalue weighted by atomic mass is 16.2. The Hall–Kier alpha value is -2.55. The van der Waals surface area contributed by atoms with Crippen molar-refractivity contribution < 1.29 is 4.79 Å². The molecule has 2 rings (SSSR count). The zero-order chi connectivity index (χ0) is 15.9. The predicted octanol–water partition coefficient (Wildman–Crippen LogP) is 1.22. The van der Waals surface area contributed by atoms with Crippen LogP contribution < -0.4 is 10.9 Å². The highest BCUT2D eigenvalue weighted by molar-refractivity contribution is 6.07. The van der Waals surface area contributed by atoms with Gasteiger partial charge in [0.2, 0.25) is 0 Å². The fraction of sp³-hybridized carbons (Fsp3) is 0.400. The lowest BCUT2D eigenvalue weighted by atomic mass is 10.1. The van der Waals surface area contributed by atoms with E-state index in [2.05, 4.69) is 5.32 Å². The van der Waals surface area contributed by atoms with Gasteiger partial charge in [-0.2, -0.15) is 5.26 Å². The second-order valence-corrected chi connectivity index (χ2v) is 5.80. The number of nitriles is 1. The zero-order valence-electron chi connectivity index (χ0n) is 12.8. The number of aromatic nitrogens is 2. The van der Waals surface area contributed by atoms with Crippen LogP contribution in [-0.2, 0) is 14.1 Å². The molecule has 0 aromatic carbocycles. The molecule has 0 spiro atoms. The van der Waals surface area contributed by atoms with E-state index in [1.165, 1.54) is 4.57 Å². The van der Waals surface area contributed by atoms with Gasteiger partial charge in [0.1, 0.15) is 5.54 Å². The number of aryl methyl sites for hydroxylation is 3. The van der Waals surface area contributed by atoms with Crippen LogP contribution >= 0.6 is 0 Å². The van der Waals surface area contributed by atoms with Gasteiger partial charge in [0.25, 0.3) is 11.5 Å². The average Bonchev–Trinajstić information content (AvgIpc) is 2.74. The summed E-state index contributed by atoms with van der Waals surface area (Å²) < 4.78 is 3.23. The summed E-state index contributed by atoms with van der Waals surface area (Å²) in [7, 11) is 3.45. The number of amides is 1. The minimum Gasteiger partial charge on any atom is -0.349 e. The van der Waals surface area contributed by atoms with Crippen molar-refractivity contribution in [1.29, 1.82) is 5.26 Å². The Balaban J connectivity index is 2.70. The molecule has 0 saturated heterocycles. The van der Waals surface area contributed by atoms with Gasteiger partial charge in [0.05, 0.1) is 22.5 Å². The van der Waals surface area contributed by atoms with Crippen molar-refractivity contribution in [2.45, 2.75) is 26.3 Å². The zero-order valence-corrected chi connectivity index (χ0v) is 12.8. The lowest BCUT2D eigenvalue weighted by Crippen LogP contribution is -2.42. The van der Waals surface area contributed by atoms with Crippen LogP contribution in [0.2, 0.25) is 0 Å². The first kappa shape index (κ1) is 14.9. The smallest absolute Gasteiger partial charge is 0.260 e. The number of carbonyl (C=O) groups excluding carboxylic acids is 1. The van der Waals surface area contributed by atoms with E-state index in [-0.39, 0.29) is 5.56 Å². The van der Waals surface area contributed by atoms with Gasteiger partial charge in [-0.3, -0.25) is 9.59 Å². The SMILES string of the molecule is Cc1cn(C)c(=O)c2c(C(=O)NC(C)(C)C#N)cn(C)c12. The standard InChI is InChI=1S/C15H18N4O2/c1-9-6-19(5)14(21)11-10(7-18(4)12(9)11)13(20)17-15(2,3)8-16/h6-7H,1-5H3,(H,17,20). The van der Waals surface area contributed by atoms with E-state index in [1.807, 2.05) is 13.0 Å². The number of hydrogen-bond donors (Lipinski definition) is 1. The Morgan fingerprint density at radius 2 is 1.90 bits per heavy atom. The molecule has 6 nitrogen and oxygen atoms in total. The molecule has 0 bridgehead atoms. The maximum absolute atomic E-state index is 12.4. The van der Waals surface area contributed by atoms with Crippen LogP contribution in [0.15, 0.2) is 17.2 Å². The van der Waals surface area contributed by atoms with Gasteiger partial charge >= 0.3 is 0 Å². The third-order valence-corrected chi connectivity index (χ3v) is 3.43. The highest BCUT2D eigenvalue weighted by Gasteiger charge is 2.24. The van der Waals surface area contributed by atoms with Gasteiger partial charge in [-0.05, 0) is 26.3 Å². The van der Waals surface area contributed by atoms with Gasteiger partial charge in [0.15, 0.2) is 0 Å². The first-order valence-corrected chi connectivity index (χ1v) is 6.57. The molecule has 0 radical (unpaired) electrons. The molecule has 0 aliphatic heterocycles. The summed E-state index contributed by atoms with van der Waals surface area (Å²) in [5.74, 6) is -0.421. The third-order valence-electron chi connectivity index (χ3n) is 3.43. The molecular weight excluding hydrogens is 268 g/mol. The van der Waals surface area contributed by atoms with E-state index in [0.717, 1.165) is 11.1 Å². The fourth-order valence-electron chi connectivity index (χ4n) is 2.46. The van der Waals surface area contributed by atoms with Gasteiger partial charge < -0.3 is 14.5 Å². The van der Waals surface area contributed by atoms with E-state index in [1.54, 1.807) is 44.9 Å². The summed E-state index contributed by atoms with van der Waals surface area (Å²) in [6.45, 7) is 5.11. The quantitative estimate of drug-likeness (QED) is 0.901. The predicted molar refractivity (Wildman–Crippen MR) is 80.1 cm³/mol. The number of nitrogens with zero attached hydrogens (tertiary/aromatic N) is 3. The van der Waals surface area contributed by atoms with Crippen molar-refractivity contribution in [3.8, 4) is 6.07 Å². The molecule has 110 valence electrons. The molecule has 0 saturated carbocycles. The lowest BCUT2D eigenvalue weighted by molar-refractivity contribution is 0.0930. The van der Waals surface area contributed by atoms with Crippen molar-refractivity contribution in [3.05, 3.63) is 33.9 Å². The van der Waals surface area contributed by atoms with Gasteiger partial charge in [-0.1, -0.05) is 0 Å². The van der Waals surface area contributed by atoms with Crippen LogP contribution in [0.3, 0.4) is 0 Å². The Labute approximate surface area is 122 Å². The molecule has 0 atom stereocenters. The van der Waals surface area contributed by atoms with E-state index in [4.69, 9.17) is 5.26 Å². The summed E-state index contributed by atoms with van der Waals surface area (Å²) in [5.41, 5.74) is 0.719. The molecule has 1 N–H and O–H groups in total. The molecule has 6 heteroatoms. The Bertz CT molecular complexity index is 834. The molecule has 2 heterocycles. The molecule has 1 amide bonds. The second kappa shape index (κ2) is 4.77. The van der Waals surface area contributed by atoms with E-state index < -0.39 is 11.4 Å². The topological polar surface area (TPSA) is 79.8 Å². The molecule has 0 fully saturated rings. The Morgan fingerprint density at radius 1 is 1.29 bits per heavy atom. The van der Waals surface area contributed by atoms with Gasteiger partial charge in [-0.25, -0.2) is 0 Å². The molecular formula is C15H18N4O2. The second-order valence-electron chi connectivity index (χ2n) is 5.80. The van der Waals surface area contributed by atoms with Crippen LogP contribution in [0, 0.1) is 18.3 Å². The fourth-order valence-corrected chi connectivity index (χ4v) is 2.46. The highest BCUT2D eigenvalue weighted by Crippen LogP contribution is 2.21. The van der Waals surface area contributed by atoms with Crippen LogP contribution in [-0.4, -0.2) is 20.6 Å². The molecule has 2 aromatic rings. The van der Waals surface area contributed by atoms with Crippen LogP contribution in [0.5, 0.6) is 0 Å². The largest absolute Gasteiger partial charge is 0.349 e. The van der Waals surface area contributed by atoms with Crippen molar-refractivity contribution in [2.75, 3.05) is 0 Å². The number of carbonyl (C=O) groups is 1. The molecule has 2 aromatic heterocycles. The summed E-state index contributed by atoms with van der Waals surface area (Å²) in [5, 5.41) is 12.0. The van der Waals surface area contributed by atoms with Crippen LogP contribution in [0.1, 0.15) is 29.8 Å². The van der Waals surface area contributed by atoms with E-state index >= 15 is 0 Å². The summed E-state index contributed by atoms with van der Waals surface area (Å²) in [6, 6.07) is 2.01. The summed E-state index contributed by atoms with van der Waals surface area (Å²) >= 11 is 0. The van der Waals surface area contributed by atoms with Crippen molar-refractivity contribution in [2.24, 2.45) is 14.1 Å². The summed E-state index contributed by atoms with van der Waals surface area (Å²) in [6.07, 6.45) is 3.37. The normalized spacial score (nSPS) is 11.4. The van der Waals surface area contributed by atoms with Gasteiger partial charge in [-0.15, -0.1) is 0 Å². The first-order chi connectivity index (χ1) is 9.68. The number of hydrogen-bond acceptors (Lipinski definition) is 3. The maximum atomic E-state index is 12.4. The summed E-state index contributed by atoms with van der Waals surface area (Å²) in [4.78, 5) is 24.8. The maximum Gasteiger partial charge on any atom is 0.260 e. The average molecular weight is 286 g/mol. The molecule has 0 aliphatic carbocycles. The van der Waals surface area contributed by atoms with Crippen LogP contribution in [0.4, 0.5) is 0 Å².